The zero-order chi connectivity index (χ0) is 16.7. The molecular weight excluding hydrogens is 315 g/mol. The number of carbonyl (C=O) groups excluding carboxylic acids is 2. The Kier molecular flexibility index (Phi) is 6.29. The van der Waals surface area contributed by atoms with E-state index in [0.717, 1.165) is 5.56 Å². The van der Waals surface area contributed by atoms with Crippen molar-refractivity contribution in [1.82, 2.24) is 10.2 Å². The number of hydrogen-bond donors (Lipinski definition) is 1. The molecule has 4 nitrogen and oxygen atoms in total. The van der Waals surface area contributed by atoms with Crippen molar-refractivity contribution in [3.63, 3.8) is 0 Å². The van der Waals surface area contributed by atoms with Crippen LogP contribution in [0.3, 0.4) is 0 Å². The third kappa shape index (κ3) is 5.49. The van der Waals surface area contributed by atoms with Crippen LogP contribution < -0.4 is 5.32 Å². The second-order valence-corrected chi connectivity index (χ2v) is 6.03. The van der Waals surface area contributed by atoms with Gasteiger partial charge in [-0.15, -0.1) is 0 Å². The molecule has 0 saturated carbocycles. The zero-order valence-electron chi connectivity index (χ0n) is 12.9. The molecule has 0 aliphatic rings. The van der Waals surface area contributed by atoms with Gasteiger partial charge in [-0.25, -0.2) is 4.39 Å². The van der Waals surface area contributed by atoms with Gasteiger partial charge in [-0.2, -0.15) is 11.3 Å². The van der Waals surface area contributed by atoms with Crippen LogP contribution in [0, 0.1) is 5.82 Å². The van der Waals surface area contributed by atoms with E-state index >= 15 is 0 Å². The van der Waals surface area contributed by atoms with Crippen LogP contribution in [0.2, 0.25) is 0 Å². The van der Waals surface area contributed by atoms with E-state index in [4.69, 9.17) is 0 Å². The van der Waals surface area contributed by atoms with Crippen molar-refractivity contribution in [1.29, 1.82) is 0 Å². The maximum atomic E-state index is 13.1. The first-order valence-corrected chi connectivity index (χ1v) is 8.29. The van der Waals surface area contributed by atoms with E-state index in [1.807, 2.05) is 5.38 Å². The van der Waals surface area contributed by atoms with E-state index < -0.39 is 0 Å². The number of benzene rings is 1. The quantitative estimate of drug-likeness (QED) is 0.791. The number of carbonyl (C=O) groups is 2. The molecule has 1 N–H and O–H groups in total. The summed E-state index contributed by atoms with van der Waals surface area (Å²) in [7, 11) is 1.69. The van der Waals surface area contributed by atoms with Gasteiger partial charge in [-0.3, -0.25) is 9.59 Å². The van der Waals surface area contributed by atoms with E-state index in [-0.39, 0.29) is 17.6 Å². The number of rotatable bonds is 7. The summed E-state index contributed by atoms with van der Waals surface area (Å²) < 4.78 is 13.1. The fraction of sp³-hybridized carbons (Fsp3) is 0.294. The average molecular weight is 334 g/mol. The lowest BCUT2D eigenvalue weighted by Gasteiger charge is -2.17. The van der Waals surface area contributed by atoms with E-state index in [9.17, 15) is 14.0 Å². The number of thiophene rings is 1. The number of amides is 2. The average Bonchev–Trinajstić information content (AvgIpc) is 3.05. The molecule has 6 heteroatoms. The first kappa shape index (κ1) is 17.1. The topological polar surface area (TPSA) is 49.4 Å². The second-order valence-electron chi connectivity index (χ2n) is 5.25. The highest BCUT2D eigenvalue weighted by atomic mass is 32.1. The normalized spacial score (nSPS) is 10.3. The molecule has 0 atom stereocenters. The third-order valence-corrected chi connectivity index (χ3v) is 4.05. The van der Waals surface area contributed by atoms with Crippen molar-refractivity contribution >= 4 is 23.2 Å². The molecule has 0 unspecified atom stereocenters. The molecule has 2 aromatic rings. The molecule has 2 amide bonds. The molecule has 0 spiro atoms. The summed E-state index contributed by atoms with van der Waals surface area (Å²) in [4.78, 5) is 25.3. The zero-order valence-corrected chi connectivity index (χ0v) is 13.7. The lowest BCUT2D eigenvalue weighted by molar-refractivity contribution is -0.130. The van der Waals surface area contributed by atoms with Crippen molar-refractivity contribution in [3.05, 3.63) is 58.0 Å². The molecular formula is C17H19FN2O2S. The molecule has 0 aliphatic carbocycles. The Labute approximate surface area is 138 Å². The van der Waals surface area contributed by atoms with Crippen LogP contribution in [0.5, 0.6) is 0 Å². The van der Waals surface area contributed by atoms with E-state index in [1.54, 1.807) is 35.5 Å². The summed E-state index contributed by atoms with van der Waals surface area (Å²) in [5.41, 5.74) is 1.40. The van der Waals surface area contributed by atoms with Crippen LogP contribution in [0.15, 0.2) is 41.1 Å². The first-order chi connectivity index (χ1) is 11.1. The van der Waals surface area contributed by atoms with Gasteiger partial charge in [0.1, 0.15) is 5.82 Å². The highest BCUT2D eigenvalue weighted by molar-refractivity contribution is 7.08. The van der Waals surface area contributed by atoms with Crippen LogP contribution in [0.1, 0.15) is 28.8 Å². The van der Waals surface area contributed by atoms with Crippen LogP contribution in [-0.4, -0.2) is 30.3 Å². The third-order valence-electron chi connectivity index (χ3n) is 3.37. The predicted molar refractivity (Wildman–Crippen MR) is 88.8 cm³/mol. The van der Waals surface area contributed by atoms with Crippen molar-refractivity contribution in [2.24, 2.45) is 0 Å². The van der Waals surface area contributed by atoms with Crippen LogP contribution in [0.25, 0.3) is 0 Å². The highest BCUT2D eigenvalue weighted by Crippen LogP contribution is 2.08. The van der Waals surface area contributed by atoms with Gasteiger partial charge >= 0.3 is 0 Å². The monoisotopic (exact) mass is 334 g/mol. The molecule has 0 fully saturated rings. The maximum Gasteiger partial charge on any atom is 0.252 e. The van der Waals surface area contributed by atoms with E-state index in [2.05, 4.69) is 5.32 Å². The van der Waals surface area contributed by atoms with Crippen molar-refractivity contribution in [2.75, 3.05) is 13.6 Å². The summed E-state index contributed by atoms with van der Waals surface area (Å²) in [5.74, 6) is -0.453. The maximum absolute atomic E-state index is 13.1. The fourth-order valence-electron chi connectivity index (χ4n) is 2.13. The first-order valence-electron chi connectivity index (χ1n) is 7.35. The van der Waals surface area contributed by atoms with Gasteiger partial charge in [0.2, 0.25) is 5.91 Å². The van der Waals surface area contributed by atoms with Gasteiger partial charge in [0.05, 0.1) is 0 Å². The lowest BCUT2D eigenvalue weighted by atomic mass is 10.2. The van der Waals surface area contributed by atoms with Crippen LogP contribution in [-0.2, 0) is 11.3 Å². The molecule has 0 aliphatic heterocycles. The van der Waals surface area contributed by atoms with Crippen LogP contribution in [0.4, 0.5) is 4.39 Å². The summed E-state index contributed by atoms with van der Waals surface area (Å²) in [6, 6.07) is 7.97. The molecule has 23 heavy (non-hydrogen) atoms. The van der Waals surface area contributed by atoms with Gasteiger partial charge in [0.25, 0.3) is 5.91 Å². The standard InChI is InChI=1S/C17H19FN2O2S/c1-20(11-13-4-2-5-15(18)10-13)16(21)6-3-8-19-17(22)14-7-9-23-12-14/h2,4-5,7,9-10,12H,3,6,8,11H2,1H3,(H,19,22). The second kappa shape index (κ2) is 8.43. The van der Waals surface area contributed by atoms with Gasteiger partial charge < -0.3 is 10.2 Å². The number of hydrogen-bond acceptors (Lipinski definition) is 3. The van der Waals surface area contributed by atoms with Gasteiger partial charge in [-0.05, 0) is 35.6 Å². The molecule has 0 radical (unpaired) electrons. The molecule has 2 rings (SSSR count). The number of nitrogens with one attached hydrogen (secondary N) is 1. The Morgan fingerprint density at radius 1 is 1.30 bits per heavy atom. The summed E-state index contributed by atoms with van der Waals surface area (Å²) in [5, 5.41) is 6.42. The number of halogens is 1. The highest BCUT2D eigenvalue weighted by Gasteiger charge is 2.10. The Hall–Kier alpha value is -2.21. The Balaban J connectivity index is 1.69. The summed E-state index contributed by atoms with van der Waals surface area (Å²) in [6.07, 6.45) is 0.915. The van der Waals surface area contributed by atoms with Crippen molar-refractivity contribution in [3.8, 4) is 0 Å². The minimum absolute atomic E-state index is 0.0287. The molecule has 0 saturated heterocycles. The Morgan fingerprint density at radius 3 is 2.83 bits per heavy atom. The Bertz CT molecular complexity index is 658. The van der Waals surface area contributed by atoms with Gasteiger partial charge in [0.15, 0.2) is 0 Å². The Morgan fingerprint density at radius 2 is 2.13 bits per heavy atom. The molecule has 1 heterocycles. The van der Waals surface area contributed by atoms with Crippen molar-refractivity contribution < 1.29 is 14.0 Å². The molecule has 1 aromatic carbocycles. The molecule has 0 bridgehead atoms. The number of nitrogens with zero attached hydrogens (tertiary/aromatic N) is 1. The fourth-order valence-corrected chi connectivity index (χ4v) is 2.76. The minimum atomic E-state index is -0.306. The minimum Gasteiger partial charge on any atom is -0.352 e. The SMILES string of the molecule is CN(Cc1cccc(F)c1)C(=O)CCCNC(=O)c1ccsc1. The molecule has 122 valence electrons. The summed E-state index contributed by atoms with van der Waals surface area (Å²) in [6.45, 7) is 0.825. The van der Waals surface area contributed by atoms with Crippen LogP contribution >= 0.6 is 11.3 Å². The van der Waals surface area contributed by atoms with E-state index in [0.29, 0.717) is 31.5 Å². The smallest absolute Gasteiger partial charge is 0.252 e. The largest absolute Gasteiger partial charge is 0.352 e. The lowest BCUT2D eigenvalue weighted by Crippen LogP contribution is -2.28. The summed E-state index contributed by atoms with van der Waals surface area (Å²) >= 11 is 1.47. The van der Waals surface area contributed by atoms with Crippen molar-refractivity contribution in [2.45, 2.75) is 19.4 Å². The van der Waals surface area contributed by atoms with E-state index in [1.165, 1.54) is 23.5 Å². The van der Waals surface area contributed by atoms with Gasteiger partial charge in [-0.1, -0.05) is 12.1 Å². The predicted octanol–water partition coefficient (Wildman–Crippen LogP) is 3.06. The molecule has 1 aromatic heterocycles. The van der Waals surface area contributed by atoms with Gasteiger partial charge in [0, 0.05) is 37.5 Å².